The molecule has 3 aromatic rings. The van der Waals surface area contributed by atoms with E-state index in [0.29, 0.717) is 12.2 Å². The molecule has 0 spiro atoms. The zero-order chi connectivity index (χ0) is 18.8. The molecule has 4 rings (SSSR count). The molecule has 1 amide bonds. The number of H-pyrrole nitrogens is 1. The molecule has 1 aliphatic heterocycles. The van der Waals surface area contributed by atoms with E-state index in [-0.39, 0.29) is 11.9 Å². The van der Waals surface area contributed by atoms with E-state index in [1.54, 1.807) is 18.6 Å². The van der Waals surface area contributed by atoms with E-state index in [1.807, 2.05) is 36.9 Å². The van der Waals surface area contributed by atoms with Gasteiger partial charge in [-0.3, -0.25) is 9.78 Å². The Balaban J connectivity index is 1.60. The Bertz CT molecular complexity index is 952. The lowest BCUT2D eigenvalue weighted by Crippen LogP contribution is -2.32. The van der Waals surface area contributed by atoms with Gasteiger partial charge in [-0.25, -0.2) is 15.0 Å². The smallest absolute Gasteiger partial charge is 0.227 e. The maximum Gasteiger partial charge on any atom is 0.227 e. The summed E-state index contributed by atoms with van der Waals surface area (Å²) in [6.07, 6.45) is 7.41. The number of likely N-dealkylation sites (tertiary alicyclic amines) is 1. The molecule has 3 aromatic heterocycles. The lowest BCUT2D eigenvalue weighted by atomic mass is 10.1. The van der Waals surface area contributed by atoms with Gasteiger partial charge in [-0.1, -0.05) is 6.07 Å². The number of carbonyl (C=O) groups excluding carboxylic acids is 1. The first-order valence-corrected chi connectivity index (χ1v) is 9.16. The van der Waals surface area contributed by atoms with Crippen LogP contribution < -0.4 is 0 Å². The van der Waals surface area contributed by atoms with Crippen LogP contribution in [-0.2, 0) is 11.2 Å². The van der Waals surface area contributed by atoms with Crippen molar-refractivity contribution in [1.82, 2.24) is 29.8 Å². The Morgan fingerprint density at radius 2 is 2.19 bits per heavy atom. The van der Waals surface area contributed by atoms with E-state index in [2.05, 4.69) is 19.9 Å². The molecule has 7 nitrogen and oxygen atoms in total. The van der Waals surface area contributed by atoms with Crippen molar-refractivity contribution in [3.05, 3.63) is 59.6 Å². The average molecular weight is 362 g/mol. The van der Waals surface area contributed by atoms with E-state index in [4.69, 9.17) is 4.98 Å². The monoisotopic (exact) mass is 362 g/mol. The zero-order valence-electron chi connectivity index (χ0n) is 15.5. The van der Waals surface area contributed by atoms with Crippen LogP contribution in [0.25, 0.3) is 11.5 Å². The van der Waals surface area contributed by atoms with E-state index in [1.165, 1.54) is 0 Å². The number of aromatic amines is 1. The number of aromatic nitrogens is 5. The zero-order valence-corrected chi connectivity index (χ0v) is 15.5. The maximum atomic E-state index is 12.9. The number of imidazole rings is 1. The number of aryl methyl sites for hydroxylation is 2. The Labute approximate surface area is 157 Å². The first kappa shape index (κ1) is 17.3. The van der Waals surface area contributed by atoms with Crippen molar-refractivity contribution in [2.45, 2.75) is 39.2 Å². The molecular formula is C20H22N6O. The molecule has 1 fully saturated rings. The molecule has 0 bridgehead atoms. The summed E-state index contributed by atoms with van der Waals surface area (Å²) in [5.41, 5.74) is 3.54. The molecule has 1 aliphatic rings. The van der Waals surface area contributed by atoms with Crippen molar-refractivity contribution in [1.29, 1.82) is 0 Å². The van der Waals surface area contributed by atoms with E-state index in [9.17, 15) is 4.79 Å². The lowest BCUT2D eigenvalue weighted by molar-refractivity contribution is -0.131. The molecule has 27 heavy (non-hydrogen) atoms. The van der Waals surface area contributed by atoms with Gasteiger partial charge in [0.1, 0.15) is 5.69 Å². The summed E-state index contributed by atoms with van der Waals surface area (Å²) >= 11 is 0. The van der Waals surface area contributed by atoms with E-state index < -0.39 is 0 Å². The van der Waals surface area contributed by atoms with Gasteiger partial charge < -0.3 is 9.88 Å². The fraction of sp³-hybridized carbons (Fsp3) is 0.350. The van der Waals surface area contributed by atoms with Gasteiger partial charge in [0, 0.05) is 36.5 Å². The first-order valence-electron chi connectivity index (χ1n) is 9.16. The third kappa shape index (κ3) is 3.72. The van der Waals surface area contributed by atoms with Crippen LogP contribution in [-0.4, -0.2) is 42.3 Å². The summed E-state index contributed by atoms with van der Waals surface area (Å²) in [5.74, 6) is 1.51. The summed E-state index contributed by atoms with van der Waals surface area (Å²) in [4.78, 5) is 35.8. The predicted octanol–water partition coefficient (Wildman–Crippen LogP) is 2.78. The second kappa shape index (κ2) is 7.26. The normalized spacial score (nSPS) is 16.7. The van der Waals surface area contributed by atoms with E-state index >= 15 is 0 Å². The third-order valence-electron chi connectivity index (χ3n) is 4.77. The van der Waals surface area contributed by atoms with Crippen molar-refractivity contribution in [3.63, 3.8) is 0 Å². The Morgan fingerprint density at radius 3 is 2.93 bits per heavy atom. The highest BCUT2D eigenvalue weighted by Crippen LogP contribution is 2.31. The summed E-state index contributed by atoms with van der Waals surface area (Å²) < 4.78 is 0. The molecule has 0 aliphatic carbocycles. The van der Waals surface area contributed by atoms with Gasteiger partial charge in [-0.2, -0.15) is 0 Å². The van der Waals surface area contributed by atoms with Crippen molar-refractivity contribution in [2.75, 3.05) is 6.54 Å². The highest BCUT2D eigenvalue weighted by atomic mass is 16.2. The molecule has 1 saturated heterocycles. The quantitative estimate of drug-likeness (QED) is 0.771. The molecule has 0 aromatic carbocycles. The standard InChI is InChI=1S/C20H22N6O/c1-13-9-16(19-22-11-14(2)24-19)25-20(23-13)17-6-4-8-26(17)18(27)10-15-5-3-7-21-12-15/h3,5,7,9,11-12,17H,4,6,8,10H2,1-2H3,(H,22,24)/t17-/m0/s1. The molecule has 0 unspecified atom stereocenters. The number of hydrogen-bond donors (Lipinski definition) is 1. The van der Waals surface area contributed by atoms with Crippen molar-refractivity contribution >= 4 is 5.91 Å². The maximum absolute atomic E-state index is 12.9. The van der Waals surface area contributed by atoms with Crippen LogP contribution in [0.2, 0.25) is 0 Å². The van der Waals surface area contributed by atoms with Crippen LogP contribution in [0.15, 0.2) is 36.8 Å². The lowest BCUT2D eigenvalue weighted by Gasteiger charge is -2.24. The van der Waals surface area contributed by atoms with Gasteiger partial charge in [0.2, 0.25) is 5.91 Å². The van der Waals surface area contributed by atoms with Crippen molar-refractivity contribution in [3.8, 4) is 11.5 Å². The molecule has 1 N–H and O–H groups in total. The van der Waals surface area contributed by atoms with Gasteiger partial charge in [0.25, 0.3) is 0 Å². The largest absolute Gasteiger partial charge is 0.341 e. The SMILES string of the molecule is Cc1cc(-c2ncc(C)[nH]2)nc([C@@H]2CCCN2C(=O)Cc2cccnc2)n1. The van der Waals surface area contributed by atoms with Gasteiger partial charge in [-0.15, -0.1) is 0 Å². The topological polar surface area (TPSA) is 87.7 Å². The second-order valence-corrected chi connectivity index (χ2v) is 6.95. The fourth-order valence-corrected chi connectivity index (χ4v) is 3.52. The van der Waals surface area contributed by atoms with Crippen molar-refractivity contribution < 1.29 is 4.79 Å². The second-order valence-electron chi connectivity index (χ2n) is 6.95. The minimum atomic E-state index is -0.0936. The molecular weight excluding hydrogens is 340 g/mol. The Morgan fingerprint density at radius 1 is 1.30 bits per heavy atom. The molecule has 138 valence electrons. The average Bonchev–Trinajstić information content (AvgIpc) is 3.31. The number of amides is 1. The van der Waals surface area contributed by atoms with Crippen LogP contribution in [0, 0.1) is 13.8 Å². The summed E-state index contributed by atoms with van der Waals surface area (Å²) in [5, 5.41) is 0. The molecule has 1 atom stereocenters. The van der Waals surface area contributed by atoms with Crippen LogP contribution >= 0.6 is 0 Å². The summed E-state index contributed by atoms with van der Waals surface area (Å²) in [6.45, 7) is 4.64. The highest BCUT2D eigenvalue weighted by molar-refractivity contribution is 5.79. The minimum absolute atomic E-state index is 0.0889. The molecule has 4 heterocycles. The predicted molar refractivity (Wildman–Crippen MR) is 101 cm³/mol. The van der Waals surface area contributed by atoms with Crippen molar-refractivity contribution in [2.24, 2.45) is 0 Å². The van der Waals surface area contributed by atoms with Gasteiger partial charge in [0.05, 0.1) is 12.5 Å². The Hall–Kier alpha value is -3.09. The summed E-state index contributed by atoms with van der Waals surface area (Å²) in [6, 6.07) is 5.60. The van der Waals surface area contributed by atoms with E-state index in [0.717, 1.165) is 47.9 Å². The number of carbonyl (C=O) groups is 1. The minimum Gasteiger partial charge on any atom is -0.341 e. The van der Waals surface area contributed by atoms with Gasteiger partial charge >= 0.3 is 0 Å². The number of nitrogens with zero attached hydrogens (tertiary/aromatic N) is 5. The first-order chi connectivity index (χ1) is 13.1. The third-order valence-corrected chi connectivity index (χ3v) is 4.77. The van der Waals surface area contributed by atoms with Gasteiger partial charge in [0.15, 0.2) is 11.6 Å². The Kier molecular flexibility index (Phi) is 4.66. The summed E-state index contributed by atoms with van der Waals surface area (Å²) in [7, 11) is 0. The van der Waals surface area contributed by atoms with Crippen LogP contribution in [0.1, 0.15) is 41.7 Å². The number of pyridine rings is 1. The van der Waals surface area contributed by atoms with Crippen LogP contribution in [0.5, 0.6) is 0 Å². The number of hydrogen-bond acceptors (Lipinski definition) is 5. The molecule has 7 heteroatoms. The van der Waals surface area contributed by atoms with Gasteiger partial charge in [-0.05, 0) is 44.4 Å². The number of nitrogens with one attached hydrogen (secondary N) is 1. The van der Waals surface area contributed by atoms with Crippen LogP contribution in [0.3, 0.4) is 0 Å². The highest BCUT2D eigenvalue weighted by Gasteiger charge is 2.32. The number of rotatable bonds is 4. The molecule has 0 saturated carbocycles. The fourth-order valence-electron chi connectivity index (χ4n) is 3.52. The van der Waals surface area contributed by atoms with Crippen LogP contribution in [0.4, 0.5) is 0 Å². The molecule has 0 radical (unpaired) electrons.